The topological polar surface area (TPSA) is 101 Å². The minimum Gasteiger partial charge on any atom is -0.496 e. The van der Waals surface area contributed by atoms with Crippen molar-refractivity contribution in [2.75, 3.05) is 80.3 Å². The van der Waals surface area contributed by atoms with E-state index in [0.29, 0.717) is 33.9 Å². The number of carbonyl (C=O) groups is 2. The molecule has 0 saturated carbocycles. The van der Waals surface area contributed by atoms with E-state index < -0.39 is 0 Å². The fourth-order valence-corrected chi connectivity index (χ4v) is 9.43. The molecule has 282 valence electrons. The molecule has 2 amide bonds. The Hall–Kier alpha value is -4.26. The fraction of sp³-hybridized carbons (Fsp3) is 0.415. The van der Waals surface area contributed by atoms with E-state index in [4.69, 9.17) is 42.4 Å². The minimum absolute atomic E-state index is 0.0499. The van der Waals surface area contributed by atoms with Gasteiger partial charge in [-0.1, -0.05) is 59.6 Å². The number of pyridine rings is 2. The number of likely N-dealkylation sites (tertiary alicyclic amines) is 4. The number of aromatic nitrogens is 2. The lowest BCUT2D eigenvalue weighted by Crippen LogP contribution is -2.72. The van der Waals surface area contributed by atoms with E-state index >= 15 is 0 Å². The van der Waals surface area contributed by atoms with Crippen molar-refractivity contribution < 1.29 is 23.8 Å². The van der Waals surface area contributed by atoms with Crippen LogP contribution in [0, 0.1) is 10.8 Å². The van der Waals surface area contributed by atoms with Crippen LogP contribution in [-0.2, 0) is 27.4 Å². The number of hydrogen-bond acceptors (Lipinski definition) is 9. The van der Waals surface area contributed by atoms with Crippen molar-refractivity contribution in [3.8, 4) is 45.3 Å². The van der Waals surface area contributed by atoms with Gasteiger partial charge in [-0.3, -0.25) is 24.4 Å². The summed E-state index contributed by atoms with van der Waals surface area (Å²) in [5, 5.41) is 1.01. The lowest BCUT2D eigenvalue weighted by atomic mass is 9.72. The molecule has 4 aliphatic rings. The van der Waals surface area contributed by atoms with Gasteiger partial charge in [0.15, 0.2) is 0 Å². The summed E-state index contributed by atoms with van der Waals surface area (Å²) >= 11 is 14.3. The number of benzene rings is 2. The molecule has 0 radical (unpaired) electrons. The Bertz CT molecular complexity index is 2100. The number of carbonyl (C=O) groups excluding carboxylic acids is 2. The second-order valence-corrected chi connectivity index (χ2v) is 16.2. The predicted molar refractivity (Wildman–Crippen MR) is 208 cm³/mol. The van der Waals surface area contributed by atoms with E-state index in [1.54, 1.807) is 34.4 Å². The highest BCUT2D eigenvalue weighted by Crippen LogP contribution is 2.45. The third-order valence-electron chi connectivity index (χ3n) is 11.3. The SMILES string of the molecule is COCC(=O)N1CC2(CN(Cc3ccc(-c4cccc(-c5ccnc(-c6ccc(CN7CC8(C7)CN(C(C)=O)C8)c(OC)c6)c5Cl)c4Cl)nc3OC)C2)C1. The first-order valence-electron chi connectivity index (χ1n) is 18.2. The molecule has 8 rings (SSSR count). The first-order valence-corrected chi connectivity index (χ1v) is 18.9. The van der Waals surface area contributed by atoms with Gasteiger partial charge in [-0.15, -0.1) is 0 Å². The molecule has 2 spiro atoms. The molecule has 6 heterocycles. The Kier molecular flexibility index (Phi) is 9.81. The smallest absolute Gasteiger partial charge is 0.248 e. The monoisotopic (exact) mass is 770 g/mol. The van der Waals surface area contributed by atoms with E-state index in [2.05, 4.69) is 20.9 Å². The molecule has 0 N–H and O–H groups in total. The Labute approximate surface area is 325 Å². The van der Waals surface area contributed by atoms with Crippen molar-refractivity contribution in [3.63, 3.8) is 0 Å². The van der Waals surface area contributed by atoms with Gasteiger partial charge in [0.2, 0.25) is 17.7 Å². The van der Waals surface area contributed by atoms with E-state index in [9.17, 15) is 9.59 Å². The summed E-state index contributed by atoms with van der Waals surface area (Å²) in [5.74, 6) is 1.53. The molecule has 2 aromatic carbocycles. The summed E-state index contributed by atoms with van der Waals surface area (Å²) < 4.78 is 16.6. The molecular weight excluding hydrogens is 727 g/mol. The largest absolute Gasteiger partial charge is 0.496 e. The molecule has 11 nitrogen and oxygen atoms in total. The second-order valence-electron chi connectivity index (χ2n) is 15.4. The summed E-state index contributed by atoms with van der Waals surface area (Å²) in [7, 11) is 4.86. The van der Waals surface area contributed by atoms with Crippen molar-refractivity contribution in [1.29, 1.82) is 0 Å². The molecule has 0 atom stereocenters. The molecule has 0 unspecified atom stereocenters. The van der Waals surface area contributed by atoms with E-state index in [1.165, 1.54) is 0 Å². The Morgan fingerprint density at radius 1 is 0.741 bits per heavy atom. The summed E-state index contributed by atoms with van der Waals surface area (Å²) in [6.07, 6.45) is 1.75. The Balaban J connectivity index is 0.962. The quantitative estimate of drug-likeness (QED) is 0.189. The van der Waals surface area contributed by atoms with Crippen LogP contribution >= 0.6 is 23.2 Å². The molecule has 4 fully saturated rings. The average Bonchev–Trinajstić information content (AvgIpc) is 3.09. The van der Waals surface area contributed by atoms with Gasteiger partial charge >= 0.3 is 0 Å². The first-order chi connectivity index (χ1) is 26.0. The number of nitrogens with zero attached hydrogens (tertiary/aromatic N) is 6. The predicted octanol–water partition coefficient (Wildman–Crippen LogP) is 5.76. The van der Waals surface area contributed by atoms with Gasteiger partial charge < -0.3 is 24.0 Å². The van der Waals surface area contributed by atoms with Crippen LogP contribution in [-0.4, -0.2) is 122 Å². The van der Waals surface area contributed by atoms with Crippen LogP contribution in [0.3, 0.4) is 0 Å². The first kappa shape index (κ1) is 36.7. The van der Waals surface area contributed by atoms with Crippen LogP contribution in [0.2, 0.25) is 10.0 Å². The van der Waals surface area contributed by atoms with Gasteiger partial charge in [0.25, 0.3) is 0 Å². The second kappa shape index (κ2) is 14.4. The average molecular weight is 772 g/mol. The summed E-state index contributed by atoms with van der Waals surface area (Å²) in [5.41, 5.74) is 6.97. The number of halogens is 2. The Morgan fingerprint density at radius 3 is 2.02 bits per heavy atom. The molecule has 13 heteroatoms. The van der Waals surface area contributed by atoms with Crippen LogP contribution in [0.1, 0.15) is 18.1 Å². The molecule has 0 bridgehead atoms. The molecule has 4 aromatic rings. The van der Waals surface area contributed by atoms with Crippen molar-refractivity contribution in [3.05, 3.63) is 82.0 Å². The van der Waals surface area contributed by atoms with Gasteiger partial charge in [-0.05, 0) is 18.2 Å². The van der Waals surface area contributed by atoms with Crippen LogP contribution in [0.4, 0.5) is 0 Å². The number of hydrogen-bond donors (Lipinski definition) is 0. The lowest BCUT2D eigenvalue weighted by molar-refractivity contribution is -0.163. The lowest BCUT2D eigenvalue weighted by Gasteiger charge is -2.60. The van der Waals surface area contributed by atoms with E-state index in [1.807, 2.05) is 58.3 Å². The zero-order chi connectivity index (χ0) is 37.8. The number of ether oxygens (including phenoxy) is 3. The summed E-state index contributed by atoms with van der Waals surface area (Å²) in [6, 6.07) is 17.9. The number of amides is 2. The van der Waals surface area contributed by atoms with E-state index in [-0.39, 0.29) is 29.3 Å². The third-order valence-corrected chi connectivity index (χ3v) is 12.1. The van der Waals surface area contributed by atoms with Crippen molar-refractivity contribution >= 4 is 35.0 Å². The molecule has 54 heavy (non-hydrogen) atoms. The standard InChI is InChI=1S/C41H44Cl2N6O5/c1-26(50)48-22-40(23-48)18-46(19-40)15-28-9-8-27(14-34(28)53-3)38-37(43)31(12-13-44-38)30-6-5-7-32(36(30)42)33-11-10-29(39(45-33)54-4)16-47-20-41(21-47)24-49(25-41)35(51)17-52-2/h5-14H,15-25H2,1-4H3. The molecule has 0 aliphatic carbocycles. The fourth-order valence-electron chi connectivity index (χ4n) is 8.78. The molecule has 2 aromatic heterocycles. The van der Waals surface area contributed by atoms with Crippen molar-refractivity contribution in [1.82, 2.24) is 29.6 Å². The minimum atomic E-state index is 0.0499. The molecule has 4 saturated heterocycles. The number of rotatable bonds is 11. The molecule has 4 aliphatic heterocycles. The van der Waals surface area contributed by atoms with Gasteiger partial charge in [0.1, 0.15) is 12.4 Å². The normalized spacial score (nSPS) is 18.5. The summed E-state index contributed by atoms with van der Waals surface area (Å²) in [6.45, 7) is 10.3. The Morgan fingerprint density at radius 2 is 1.37 bits per heavy atom. The highest BCUT2D eigenvalue weighted by atomic mass is 35.5. The van der Waals surface area contributed by atoms with E-state index in [0.717, 1.165) is 98.0 Å². The highest BCUT2D eigenvalue weighted by molar-refractivity contribution is 6.39. The van der Waals surface area contributed by atoms with Gasteiger partial charge in [-0.2, -0.15) is 0 Å². The maximum Gasteiger partial charge on any atom is 0.248 e. The van der Waals surface area contributed by atoms with Gasteiger partial charge in [0.05, 0.1) is 35.7 Å². The van der Waals surface area contributed by atoms with Crippen LogP contribution in [0.5, 0.6) is 11.6 Å². The number of methoxy groups -OCH3 is 3. The van der Waals surface area contributed by atoms with Gasteiger partial charge in [0, 0.05) is 130 Å². The van der Waals surface area contributed by atoms with Crippen LogP contribution < -0.4 is 9.47 Å². The zero-order valence-electron chi connectivity index (χ0n) is 31.0. The van der Waals surface area contributed by atoms with Crippen molar-refractivity contribution in [2.45, 2.75) is 20.0 Å². The maximum atomic E-state index is 12.1. The third kappa shape index (κ3) is 6.70. The maximum absolute atomic E-state index is 12.1. The zero-order valence-corrected chi connectivity index (χ0v) is 32.5. The van der Waals surface area contributed by atoms with Crippen LogP contribution in [0.25, 0.3) is 33.6 Å². The van der Waals surface area contributed by atoms with Gasteiger partial charge in [-0.25, -0.2) is 4.98 Å². The summed E-state index contributed by atoms with van der Waals surface area (Å²) in [4.78, 5) is 41.9. The van der Waals surface area contributed by atoms with Crippen LogP contribution in [0.15, 0.2) is 60.8 Å². The van der Waals surface area contributed by atoms with Crippen molar-refractivity contribution in [2.24, 2.45) is 10.8 Å². The molecular formula is C41H44Cl2N6O5. The highest BCUT2D eigenvalue weighted by Gasteiger charge is 2.53.